The van der Waals surface area contributed by atoms with Crippen LogP contribution < -0.4 is 25.5 Å². The third kappa shape index (κ3) is 7.44. The summed E-state index contributed by atoms with van der Waals surface area (Å²) >= 11 is 12.3. The lowest BCUT2D eigenvalue weighted by atomic mass is 10.2. The number of hydrazone groups is 1. The van der Waals surface area contributed by atoms with E-state index in [1.54, 1.807) is 30.3 Å². The smallest absolute Gasteiger partial charge is 0.329 e. The van der Waals surface area contributed by atoms with Gasteiger partial charge in [-0.2, -0.15) is 5.10 Å². The third-order valence-corrected chi connectivity index (χ3v) is 4.48. The van der Waals surface area contributed by atoms with Crippen LogP contribution in [-0.4, -0.2) is 44.2 Å². The standard InChI is InChI=1S/C21H22Cl2N4O5/c1-3-8-24-20(29)21(30)27-25-11-13-9-15(23)19(17(10-13)31-2)32-12-18(28)26-16-7-5-4-6-14(16)22/h4-7,9-11H,3,8,12H2,1-2H3,(H,24,29)(H,26,28)(H,27,30)/b25-11-. The van der Waals surface area contributed by atoms with Crippen molar-refractivity contribution in [3.63, 3.8) is 0 Å². The van der Waals surface area contributed by atoms with Crippen molar-refractivity contribution >= 4 is 52.8 Å². The Morgan fingerprint density at radius 3 is 2.53 bits per heavy atom. The van der Waals surface area contributed by atoms with Crippen molar-refractivity contribution in [2.45, 2.75) is 13.3 Å². The minimum atomic E-state index is -0.891. The molecule has 32 heavy (non-hydrogen) atoms. The van der Waals surface area contributed by atoms with Crippen LogP contribution >= 0.6 is 23.2 Å². The minimum absolute atomic E-state index is 0.156. The number of nitrogens with one attached hydrogen (secondary N) is 3. The number of para-hydroxylation sites is 1. The van der Waals surface area contributed by atoms with E-state index in [0.29, 0.717) is 29.2 Å². The molecule has 11 heteroatoms. The first kappa shape index (κ1) is 25.0. The SMILES string of the molecule is CCCNC(=O)C(=O)N/N=C\c1cc(Cl)c(OCC(=O)Nc2ccccc2Cl)c(OC)c1. The van der Waals surface area contributed by atoms with E-state index in [4.69, 9.17) is 32.7 Å². The molecule has 0 unspecified atom stereocenters. The minimum Gasteiger partial charge on any atom is -0.493 e. The van der Waals surface area contributed by atoms with E-state index < -0.39 is 17.7 Å². The summed E-state index contributed by atoms with van der Waals surface area (Å²) < 4.78 is 10.8. The highest BCUT2D eigenvalue weighted by atomic mass is 35.5. The molecule has 2 aromatic rings. The fraction of sp³-hybridized carbons (Fsp3) is 0.238. The van der Waals surface area contributed by atoms with Crippen LogP contribution in [0.2, 0.25) is 10.0 Å². The van der Waals surface area contributed by atoms with E-state index in [9.17, 15) is 14.4 Å². The summed E-state index contributed by atoms with van der Waals surface area (Å²) in [5, 5.41) is 9.35. The highest BCUT2D eigenvalue weighted by molar-refractivity contribution is 6.35. The number of amides is 3. The number of halogens is 2. The topological polar surface area (TPSA) is 118 Å². The van der Waals surface area contributed by atoms with Gasteiger partial charge in [0, 0.05) is 6.54 Å². The maximum absolute atomic E-state index is 12.2. The Bertz CT molecular complexity index is 1010. The van der Waals surface area contributed by atoms with Gasteiger partial charge in [-0.3, -0.25) is 14.4 Å². The molecule has 0 saturated heterocycles. The summed E-state index contributed by atoms with van der Waals surface area (Å²) in [5.74, 6) is -1.71. The molecule has 9 nitrogen and oxygen atoms in total. The first-order valence-electron chi connectivity index (χ1n) is 9.51. The van der Waals surface area contributed by atoms with Gasteiger partial charge in [-0.05, 0) is 36.2 Å². The van der Waals surface area contributed by atoms with Gasteiger partial charge in [0.1, 0.15) is 0 Å². The summed E-state index contributed by atoms with van der Waals surface area (Å²) in [6.07, 6.45) is 1.99. The number of rotatable bonds is 9. The van der Waals surface area contributed by atoms with E-state index in [1.807, 2.05) is 6.92 Å². The van der Waals surface area contributed by atoms with E-state index in [0.717, 1.165) is 0 Å². The molecule has 0 aliphatic carbocycles. The average molecular weight is 481 g/mol. The zero-order chi connectivity index (χ0) is 23.5. The van der Waals surface area contributed by atoms with Crippen LogP contribution in [0.25, 0.3) is 0 Å². The Hall–Kier alpha value is -3.30. The molecule has 0 heterocycles. The summed E-state index contributed by atoms with van der Waals surface area (Å²) in [4.78, 5) is 35.3. The van der Waals surface area contributed by atoms with Gasteiger partial charge in [-0.15, -0.1) is 0 Å². The number of hydrogen-bond donors (Lipinski definition) is 3. The number of methoxy groups -OCH3 is 1. The first-order chi connectivity index (χ1) is 15.3. The van der Waals surface area contributed by atoms with Gasteiger partial charge in [-0.25, -0.2) is 5.43 Å². The molecule has 0 aromatic heterocycles. The van der Waals surface area contributed by atoms with Crippen LogP contribution in [0.5, 0.6) is 11.5 Å². The zero-order valence-corrected chi connectivity index (χ0v) is 18.9. The molecule has 3 N–H and O–H groups in total. The predicted octanol–water partition coefficient (Wildman–Crippen LogP) is 3.00. The zero-order valence-electron chi connectivity index (χ0n) is 17.4. The number of hydrogen-bond acceptors (Lipinski definition) is 6. The lowest BCUT2D eigenvalue weighted by Crippen LogP contribution is -2.38. The van der Waals surface area contributed by atoms with Crippen molar-refractivity contribution in [1.82, 2.24) is 10.7 Å². The fourth-order valence-corrected chi connectivity index (χ4v) is 2.83. The Labute approximate surface area is 195 Å². The van der Waals surface area contributed by atoms with Crippen molar-refractivity contribution < 1.29 is 23.9 Å². The second-order valence-corrected chi connectivity index (χ2v) is 7.12. The Morgan fingerprint density at radius 2 is 1.84 bits per heavy atom. The Balaban J connectivity index is 2.00. The monoisotopic (exact) mass is 480 g/mol. The summed E-state index contributed by atoms with van der Waals surface area (Å²) in [6, 6.07) is 9.84. The Morgan fingerprint density at radius 1 is 1.09 bits per heavy atom. The number of benzene rings is 2. The maximum atomic E-state index is 12.2. The van der Waals surface area contributed by atoms with Crippen molar-refractivity contribution in [2.75, 3.05) is 25.6 Å². The van der Waals surface area contributed by atoms with Gasteiger partial charge in [0.05, 0.1) is 29.1 Å². The lowest BCUT2D eigenvalue weighted by Gasteiger charge is -2.13. The molecule has 0 fully saturated rings. The number of anilines is 1. The second-order valence-electron chi connectivity index (χ2n) is 6.31. The molecule has 2 aromatic carbocycles. The van der Waals surface area contributed by atoms with Crippen LogP contribution in [-0.2, 0) is 14.4 Å². The molecule has 0 saturated carbocycles. The highest BCUT2D eigenvalue weighted by Crippen LogP contribution is 2.36. The van der Waals surface area contributed by atoms with Crippen LogP contribution in [0.1, 0.15) is 18.9 Å². The lowest BCUT2D eigenvalue weighted by molar-refractivity contribution is -0.139. The molecular weight excluding hydrogens is 459 g/mol. The summed E-state index contributed by atoms with van der Waals surface area (Å²) in [5.41, 5.74) is 3.04. The second kappa shape index (κ2) is 12.5. The molecule has 0 radical (unpaired) electrons. The molecule has 3 amide bonds. The molecule has 2 rings (SSSR count). The van der Waals surface area contributed by atoms with E-state index in [2.05, 4.69) is 21.2 Å². The van der Waals surface area contributed by atoms with Crippen molar-refractivity contribution in [1.29, 1.82) is 0 Å². The molecule has 0 aliphatic heterocycles. The Kier molecular flexibility index (Phi) is 9.77. The quantitative estimate of drug-likeness (QED) is 0.289. The number of carbonyl (C=O) groups is 3. The van der Waals surface area contributed by atoms with Gasteiger partial charge < -0.3 is 20.1 Å². The number of ether oxygens (including phenoxy) is 2. The molecule has 0 atom stereocenters. The van der Waals surface area contributed by atoms with Crippen LogP contribution in [0, 0.1) is 0 Å². The molecule has 0 aliphatic rings. The van der Waals surface area contributed by atoms with Gasteiger partial charge in [0.15, 0.2) is 18.1 Å². The molecule has 0 bridgehead atoms. The molecule has 170 valence electrons. The van der Waals surface area contributed by atoms with Crippen molar-refractivity contribution in [2.24, 2.45) is 5.10 Å². The summed E-state index contributed by atoms with van der Waals surface area (Å²) in [7, 11) is 1.41. The largest absolute Gasteiger partial charge is 0.493 e. The van der Waals surface area contributed by atoms with Crippen molar-refractivity contribution in [3.05, 3.63) is 52.0 Å². The molecule has 0 spiro atoms. The van der Waals surface area contributed by atoms with Crippen molar-refractivity contribution in [3.8, 4) is 11.5 Å². The predicted molar refractivity (Wildman–Crippen MR) is 123 cm³/mol. The normalized spacial score (nSPS) is 10.5. The van der Waals surface area contributed by atoms with Crippen LogP contribution in [0.3, 0.4) is 0 Å². The first-order valence-corrected chi connectivity index (χ1v) is 10.3. The van der Waals surface area contributed by atoms with Gasteiger partial charge in [0.25, 0.3) is 5.91 Å². The highest BCUT2D eigenvalue weighted by Gasteiger charge is 2.15. The average Bonchev–Trinajstić information content (AvgIpc) is 2.77. The summed E-state index contributed by atoms with van der Waals surface area (Å²) in [6.45, 7) is 1.92. The number of carbonyl (C=O) groups excluding carboxylic acids is 3. The van der Waals surface area contributed by atoms with Gasteiger partial charge in [0.2, 0.25) is 0 Å². The van der Waals surface area contributed by atoms with Crippen LogP contribution in [0.4, 0.5) is 5.69 Å². The van der Waals surface area contributed by atoms with Crippen LogP contribution in [0.15, 0.2) is 41.5 Å². The maximum Gasteiger partial charge on any atom is 0.329 e. The van der Waals surface area contributed by atoms with Gasteiger partial charge >= 0.3 is 11.8 Å². The molecular formula is C21H22Cl2N4O5. The van der Waals surface area contributed by atoms with E-state index >= 15 is 0 Å². The van der Waals surface area contributed by atoms with E-state index in [1.165, 1.54) is 19.4 Å². The fourth-order valence-electron chi connectivity index (χ4n) is 2.38. The number of nitrogens with zero attached hydrogens (tertiary/aromatic N) is 1. The third-order valence-electron chi connectivity index (χ3n) is 3.87. The van der Waals surface area contributed by atoms with Gasteiger partial charge in [-0.1, -0.05) is 42.3 Å². The van der Waals surface area contributed by atoms with E-state index in [-0.39, 0.29) is 23.1 Å².